The van der Waals surface area contributed by atoms with Crippen molar-refractivity contribution < 1.29 is 4.79 Å². The molecule has 0 atom stereocenters. The molecule has 0 fully saturated rings. The van der Waals surface area contributed by atoms with Gasteiger partial charge in [0.15, 0.2) is 0 Å². The van der Waals surface area contributed by atoms with Gasteiger partial charge >= 0.3 is 3.91 Å². The number of hydrogen-bond donors (Lipinski definition) is 0. The SMILES string of the molecule is CN(C)/C=N/C(=O)I. The fraction of sp³-hybridized carbons (Fsp3) is 0.500. The molecule has 0 saturated carbocycles. The minimum absolute atomic E-state index is 0.198. The maximum absolute atomic E-state index is 10.1. The fourth-order valence-corrected chi connectivity index (χ4v) is 0.285. The van der Waals surface area contributed by atoms with Crippen LogP contribution in [0, 0.1) is 0 Å². The number of nitrogens with zero attached hydrogens (tertiary/aromatic N) is 2. The van der Waals surface area contributed by atoms with Crippen molar-refractivity contribution in [1.82, 2.24) is 4.90 Å². The van der Waals surface area contributed by atoms with Crippen LogP contribution in [0.25, 0.3) is 0 Å². The van der Waals surface area contributed by atoms with Gasteiger partial charge in [-0.3, -0.25) is 4.79 Å². The molecule has 0 spiro atoms. The van der Waals surface area contributed by atoms with Crippen LogP contribution in [-0.4, -0.2) is 29.2 Å². The van der Waals surface area contributed by atoms with Crippen LogP contribution in [0.2, 0.25) is 0 Å². The monoisotopic (exact) mass is 226 g/mol. The molecule has 0 aliphatic heterocycles. The Morgan fingerprint density at radius 1 is 1.75 bits per heavy atom. The van der Waals surface area contributed by atoms with Crippen molar-refractivity contribution in [3.8, 4) is 0 Å². The van der Waals surface area contributed by atoms with Crippen LogP contribution in [0.1, 0.15) is 0 Å². The van der Waals surface area contributed by atoms with E-state index in [9.17, 15) is 4.79 Å². The van der Waals surface area contributed by atoms with E-state index in [0.29, 0.717) is 0 Å². The van der Waals surface area contributed by atoms with Crippen LogP contribution in [0.15, 0.2) is 4.99 Å². The van der Waals surface area contributed by atoms with Gasteiger partial charge in [0, 0.05) is 36.7 Å². The summed E-state index contributed by atoms with van der Waals surface area (Å²) in [5, 5.41) is 0. The van der Waals surface area contributed by atoms with E-state index in [1.54, 1.807) is 27.5 Å². The van der Waals surface area contributed by atoms with Crippen LogP contribution in [0.5, 0.6) is 0 Å². The summed E-state index contributed by atoms with van der Waals surface area (Å²) in [5.41, 5.74) is 0. The van der Waals surface area contributed by atoms with Crippen molar-refractivity contribution in [2.45, 2.75) is 0 Å². The van der Waals surface area contributed by atoms with Gasteiger partial charge in [0.25, 0.3) is 0 Å². The third kappa shape index (κ3) is 5.87. The summed E-state index contributed by atoms with van der Waals surface area (Å²) in [6.45, 7) is 0. The van der Waals surface area contributed by atoms with Crippen molar-refractivity contribution in [2.75, 3.05) is 14.1 Å². The van der Waals surface area contributed by atoms with Crippen LogP contribution in [-0.2, 0) is 0 Å². The molecule has 0 aliphatic rings. The van der Waals surface area contributed by atoms with Crippen molar-refractivity contribution >= 4 is 32.8 Å². The number of aliphatic imine (C=N–C) groups is 1. The standard InChI is InChI=1S/C4H7IN2O/c1-7(2)3-6-4(5)8/h3H,1-2H3/b6-3+. The summed E-state index contributed by atoms with van der Waals surface area (Å²) in [7, 11) is 3.62. The summed E-state index contributed by atoms with van der Waals surface area (Å²) in [4.78, 5) is 15.3. The highest BCUT2D eigenvalue weighted by Crippen LogP contribution is 1.87. The lowest BCUT2D eigenvalue weighted by Crippen LogP contribution is -2.07. The van der Waals surface area contributed by atoms with Gasteiger partial charge in [-0.25, -0.2) is 0 Å². The molecule has 0 unspecified atom stereocenters. The van der Waals surface area contributed by atoms with Gasteiger partial charge in [-0.1, -0.05) is 0 Å². The topological polar surface area (TPSA) is 32.7 Å². The zero-order valence-electron chi connectivity index (χ0n) is 4.76. The minimum atomic E-state index is -0.198. The first kappa shape index (κ1) is 7.87. The van der Waals surface area contributed by atoms with E-state index in [-0.39, 0.29) is 3.91 Å². The second-order valence-electron chi connectivity index (χ2n) is 1.46. The number of hydrogen-bond acceptors (Lipinski definition) is 1. The minimum Gasteiger partial charge on any atom is -0.369 e. The molecule has 8 heavy (non-hydrogen) atoms. The molecule has 1 amide bonds. The molecule has 0 radical (unpaired) electrons. The average molecular weight is 226 g/mol. The summed E-state index contributed by atoms with van der Waals surface area (Å²) in [5.74, 6) is 0. The first-order valence-electron chi connectivity index (χ1n) is 2.03. The third-order valence-corrected chi connectivity index (χ3v) is 0.669. The van der Waals surface area contributed by atoms with E-state index in [1.807, 2.05) is 14.1 Å². The molecule has 0 aromatic rings. The van der Waals surface area contributed by atoms with E-state index in [2.05, 4.69) is 4.99 Å². The van der Waals surface area contributed by atoms with Gasteiger partial charge < -0.3 is 4.90 Å². The van der Waals surface area contributed by atoms with Crippen LogP contribution >= 0.6 is 22.6 Å². The Labute approximate surface area is 61.9 Å². The number of carbonyl (C=O) groups excluding carboxylic acids is 1. The molecule has 0 aromatic heterocycles. The summed E-state index contributed by atoms with van der Waals surface area (Å²) < 4.78 is -0.198. The fourth-order valence-electron chi connectivity index (χ4n) is 0.161. The molecule has 0 bridgehead atoms. The molecule has 46 valence electrons. The second-order valence-corrected chi connectivity index (χ2v) is 2.38. The lowest BCUT2D eigenvalue weighted by atomic mass is 10.9. The van der Waals surface area contributed by atoms with Crippen molar-refractivity contribution in [2.24, 2.45) is 4.99 Å². The average Bonchev–Trinajstić information content (AvgIpc) is 1.61. The predicted octanol–water partition coefficient (Wildman–Crippen LogP) is 1.13. The Hall–Kier alpha value is -0.130. The van der Waals surface area contributed by atoms with Gasteiger partial charge in [0.05, 0.1) is 6.34 Å². The Bertz CT molecular complexity index is 111. The predicted molar refractivity (Wildman–Crippen MR) is 41.6 cm³/mol. The lowest BCUT2D eigenvalue weighted by molar-refractivity contribution is 0.269. The Balaban J connectivity index is 3.50. The first-order valence-corrected chi connectivity index (χ1v) is 3.11. The Kier molecular flexibility index (Phi) is 3.76. The van der Waals surface area contributed by atoms with Crippen molar-refractivity contribution in [3.63, 3.8) is 0 Å². The normalized spacial score (nSPS) is 9.88. The number of carbonyl (C=O) groups is 1. The molecule has 0 N–H and O–H groups in total. The Morgan fingerprint density at radius 2 is 2.25 bits per heavy atom. The molecule has 0 saturated heterocycles. The largest absolute Gasteiger partial charge is 0.369 e. The summed E-state index contributed by atoms with van der Waals surface area (Å²) in [6.07, 6.45) is 1.47. The third-order valence-electron chi connectivity index (χ3n) is 0.390. The molecule has 0 aromatic carbocycles. The smallest absolute Gasteiger partial charge is 0.307 e. The van der Waals surface area contributed by atoms with E-state index in [1.165, 1.54) is 6.34 Å². The summed E-state index contributed by atoms with van der Waals surface area (Å²) in [6, 6.07) is 0. The number of rotatable bonds is 1. The Morgan fingerprint density at radius 3 is 2.38 bits per heavy atom. The van der Waals surface area contributed by atoms with Gasteiger partial charge in [-0.2, -0.15) is 4.99 Å². The zero-order chi connectivity index (χ0) is 6.57. The molecule has 0 heterocycles. The molecule has 4 heteroatoms. The second kappa shape index (κ2) is 3.82. The highest BCUT2D eigenvalue weighted by atomic mass is 127. The number of amides is 1. The highest BCUT2D eigenvalue weighted by Gasteiger charge is 1.83. The van der Waals surface area contributed by atoms with Gasteiger partial charge in [-0.15, -0.1) is 0 Å². The molecular weight excluding hydrogens is 219 g/mol. The van der Waals surface area contributed by atoms with Crippen molar-refractivity contribution in [3.05, 3.63) is 0 Å². The molecule has 0 rings (SSSR count). The van der Waals surface area contributed by atoms with Gasteiger partial charge in [0.2, 0.25) is 0 Å². The van der Waals surface area contributed by atoms with Crippen LogP contribution in [0.4, 0.5) is 4.79 Å². The quantitative estimate of drug-likeness (QED) is 0.221. The maximum atomic E-state index is 10.1. The van der Waals surface area contributed by atoms with Gasteiger partial charge in [0.1, 0.15) is 0 Å². The number of halogens is 1. The van der Waals surface area contributed by atoms with Crippen LogP contribution < -0.4 is 0 Å². The lowest BCUT2D eigenvalue weighted by Gasteiger charge is -1.98. The molecule has 3 nitrogen and oxygen atoms in total. The van der Waals surface area contributed by atoms with E-state index >= 15 is 0 Å². The van der Waals surface area contributed by atoms with E-state index in [4.69, 9.17) is 0 Å². The van der Waals surface area contributed by atoms with E-state index < -0.39 is 0 Å². The zero-order valence-corrected chi connectivity index (χ0v) is 6.92. The summed E-state index contributed by atoms with van der Waals surface area (Å²) >= 11 is 1.61. The molecular formula is C4H7IN2O. The highest BCUT2D eigenvalue weighted by molar-refractivity contribution is 14.1. The van der Waals surface area contributed by atoms with E-state index in [0.717, 1.165) is 0 Å². The van der Waals surface area contributed by atoms with Crippen LogP contribution in [0.3, 0.4) is 0 Å². The van der Waals surface area contributed by atoms with Gasteiger partial charge in [-0.05, 0) is 0 Å². The first-order chi connectivity index (χ1) is 3.63. The molecule has 0 aliphatic carbocycles. The van der Waals surface area contributed by atoms with Crippen molar-refractivity contribution in [1.29, 1.82) is 0 Å². The maximum Gasteiger partial charge on any atom is 0.307 e.